The van der Waals surface area contributed by atoms with Crippen LogP contribution in [0.15, 0.2) is 60.7 Å². The highest BCUT2D eigenvalue weighted by molar-refractivity contribution is 5.97. The normalized spacial score (nSPS) is 14.2. The standard InChI is InChI=1S/C25H18N2O4/c26-11-1-3-13-15-7-21(28)23(30)9-19(15)25(17(13)5-11)18-6-12(27)2-4-14(18)16-8-22(29)24(31)10-20(16)25/h1-10,28-31H,26-27H2. The van der Waals surface area contributed by atoms with Crippen LogP contribution < -0.4 is 11.5 Å². The highest BCUT2D eigenvalue weighted by Crippen LogP contribution is 2.65. The maximum Gasteiger partial charge on any atom is 0.158 e. The zero-order chi connectivity index (χ0) is 21.7. The molecule has 0 saturated carbocycles. The fourth-order valence-electron chi connectivity index (χ4n) is 5.30. The van der Waals surface area contributed by atoms with E-state index < -0.39 is 5.41 Å². The lowest BCUT2D eigenvalue weighted by molar-refractivity contribution is 0.402. The number of aromatic hydroxyl groups is 4. The lowest BCUT2D eigenvalue weighted by Gasteiger charge is -2.31. The Morgan fingerprint density at radius 3 is 1.23 bits per heavy atom. The van der Waals surface area contributed by atoms with Crippen molar-refractivity contribution in [3.8, 4) is 45.3 Å². The lowest BCUT2D eigenvalue weighted by atomic mass is 9.70. The third-order valence-corrected chi connectivity index (χ3v) is 6.51. The van der Waals surface area contributed by atoms with E-state index in [0.29, 0.717) is 11.4 Å². The summed E-state index contributed by atoms with van der Waals surface area (Å²) in [6.07, 6.45) is 0. The van der Waals surface area contributed by atoms with Crippen molar-refractivity contribution in [1.29, 1.82) is 0 Å². The van der Waals surface area contributed by atoms with Crippen molar-refractivity contribution in [2.24, 2.45) is 0 Å². The van der Waals surface area contributed by atoms with E-state index in [4.69, 9.17) is 11.5 Å². The SMILES string of the molecule is Nc1ccc2c(c1)C1(c3cc(N)ccc3-c3cc(O)c(O)cc31)c1cc(O)c(O)cc1-2. The Bertz CT molecular complexity index is 1350. The number of phenols is 4. The second kappa shape index (κ2) is 5.43. The first kappa shape index (κ1) is 17.5. The minimum Gasteiger partial charge on any atom is -0.504 e. The number of hydrogen-bond donors (Lipinski definition) is 6. The summed E-state index contributed by atoms with van der Waals surface area (Å²) in [5.74, 6) is -0.946. The molecule has 4 aromatic carbocycles. The van der Waals surface area contributed by atoms with Crippen LogP contribution in [0.25, 0.3) is 22.3 Å². The van der Waals surface area contributed by atoms with Crippen LogP contribution in [-0.2, 0) is 5.41 Å². The molecule has 8 N–H and O–H groups in total. The fraction of sp³-hybridized carbons (Fsp3) is 0.0400. The van der Waals surface area contributed by atoms with Crippen LogP contribution >= 0.6 is 0 Å². The second-order valence-electron chi connectivity index (χ2n) is 8.13. The summed E-state index contributed by atoms with van der Waals surface area (Å²) in [6.45, 7) is 0. The van der Waals surface area contributed by atoms with Gasteiger partial charge in [-0.05, 0) is 93.0 Å². The predicted molar refractivity (Wildman–Crippen MR) is 118 cm³/mol. The van der Waals surface area contributed by atoms with Gasteiger partial charge in [-0.1, -0.05) is 12.1 Å². The van der Waals surface area contributed by atoms with Crippen molar-refractivity contribution in [2.75, 3.05) is 11.5 Å². The molecule has 0 heterocycles. The molecule has 31 heavy (non-hydrogen) atoms. The molecule has 4 aromatic rings. The van der Waals surface area contributed by atoms with Crippen LogP contribution in [0.2, 0.25) is 0 Å². The average molecular weight is 410 g/mol. The van der Waals surface area contributed by atoms with Gasteiger partial charge in [0.1, 0.15) is 0 Å². The van der Waals surface area contributed by atoms with Gasteiger partial charge in [0.05, 0.1) is 5.41 Å². The molecule has 0 bridgehead atoms. The Balaban J connectivity index is 1.88. The van der Waals surface area contributed by atoms with E-state index in [2.05, 4.69) is 0 Å². The molecule has 2 aliphatic carbocycles. The monoisotopic (exact) mass is 410 g/mol. The quantitative estimate of drug-likeness (QED) is 0.166. The first-order chi connectivity index (χ1) is 14.8. The minimum absolute atomic E-state index is 0.224. The minimum atomic E-state index is -0.934. The maximum atomic E-state index is 10.4. The third kappa shape index (κ3) is 1.96. The van der Waals surface area contributed by atoms with Gasteiger partial charge in [0.25, 0.3) is 0 Å². The fourth-order valence-corrected chi connectivity index (χ4v) is 5.30. The average Bonchev–Trinajstić information content (AvgIpc) is 3.14. The van der Waals surface area contributed by atoms with Crippen molar-refractivity contribution in [3.63, 3.8) is 0 Å². The first-order valence-electron chi connectivity index (χ1n) is 9.76. The molecular weight excluding hydrogens is 392 g/mol. The molecule has 1 spiro atoms. The van der Waals surface area contributed by atoms with Gasteiger partial charge in [0.15, 0.2) is 23.0 Å². The van der Waals surface area contributed by atoms with Crippen LogP contribution in [0.3, 0.4) is 0 Å². The van der Waals surface area contributed by atoms with Gasteiger partial charge < -0.3 is 31.9 Å². The van der Waals surface area contributed by atoms with Crippen LogP contribution in [-0.4, -0.2) is 20.4 Å². The van der Waals surface area contributed by atoms with Crippen molar-refractivity contribution in [1.82, 2.24) is 0 Å². The molecule has 0 fully saturated rings. The number of rotatable bonds is 0. The van der Waals surface area contributed by atoms with E-state index >= 15 is 0 Å². The molecule has 0 saturated heterocycles. The van der Waals surface area contributed by atoms with Gasteiger partial charge in [-0.15, -0.1) is 0 Å². The lowest BCUT2D eigenvalue weighted by Crippen LogP contribution is -2.26. The summed E-state index contributed by atoms with van der Waals surface area (Å²) >= 11 is 0. The van der Waals surface area contributed by atoms with Crippen molar-refractivity contribution in [3.05, 3.63) is 82.9 Å². The summed E-state index contributed by atoms with van der Waals surface area (Å²) < 4.78 is 0. The van der Waals surface area contributed by atoms with E-state index in [0.717, 1.165) is 44.5 Å². The van der Waals surface area contributed by atoms with E-state index in [1.807, 2.05) is 24.3 Å². The Morgan fingerprint density at radius 2 is 0.806 bits per heavy atom. The Labute approximate surface area is 177 Å². The zero-order valence-electron chi connectivity index (χ0n) is 16.2. The smallest absolute Gasteiger partial charge is 0.158 e. The number of phenolic OH excluding ortho intramolecular Hbond substituents is 4. The number of anilines is 2. The van der Waals surface area contributed by atoms with E-state index in [1.54, 1.807) is 36.4 Å². The number of nitrogen functional groups attached to an aromatic ring is 2. The largest absolute Gasteiger partial charge is 0.504 e. The van der Waals surface area contributed by atoms with Gasteiger partial charge in [0.2, 0.25) is 0 Å². The Kier molecular flexibility index (Phi) is 3.07. The second-order valence-corrected chi connectivity index (χ2v) is 8.13. The summed E-state index contributed by atoms with van der Waals surface area (Å²) in [5, 5.41) is 41.3. The Hall–Kier alpha value is -4.32. The number of benzene rings is 4. The highest BCUT2D eigenvalue weighted by Gasteiger charge is 2.52. The van der Waals surface area contributed by atoms with Crippen LogP contribution in [0, 0.1) is 0 Å². The zero-order valence-corrected chi connectivity index (χ0v) is 16.2. The molecule has 0 radical (unpaired) electrons. The van der Waals surface area contributed by atoms with Crippen LogP contribution in [0.4, 0.5) is 11.4 Å². The summed E-state index contributed by atoms with van der Waals surface area (Å²) in [7, 11) is 0. The van der Waals surface area contributed by atoms with Crippen molar-refractivity contribution < 1.29 is 20.4 Å². The van der Waals surface area contributed by atoms with Gasteiger partial charge in [-0.25, -0.2) is 0 Å². The molecule has 0 amide bonds. The van der Waals surface area contributed by atoms with Gasteiger partial charge in [-0.2, -0.15) is 0 Å². The number of fused-ring (bicyclic) bond motifs is 10. The van der Waals surface area contributed by atoms with Crippen LogP contribution in [0.1, 0.15) is 22.3 Å². The van der Waals surface area contributed by atoms with E-state index in [1.165, 1.54) is 0 Å². The van der Waals surface area contributed by atoms with Gasteiger partial charge in [0, 0.05) is 11.4 Å². The van der Waals surface area contributed by atoms with Gasteiger partial charge in [-0.3, -0.25) is 0 Å². The highest BCUT2D eigenvalue weighted by atomic mass is 16.3. The Morgan fingerprint density at radius 1 is 0.452 bits per heavy atom. The molecular formula is C25H18N2O4. The molecule has 0 aromatic heterocycles. The van der Waals surface area contributed by atoms with Crippen molar-refractivity contribution >= 4 is 11.4 Å². The predicted octanol–water partition coefficient (Wildman–Crippen LogP) is 4.02. The van der Waals surface area contributed by atoms with Gasteiger partial charge >= 0.3 is 0 Å². The topological polar surface area (TPSA) is 133 Å². The molecule has 2 aliphatic rings. The molecule has 6 heteroatoms. The molecule has 0 aliphatic heterocycles. The molecule has 152 valence electrons. The molecule has 6 nitrogen and oxygen atoms in total. The number of hydrogen-bond acceptors (Lipinski definition) is 6. The van der Waals surface area contributed by atoms with Crippen molar-refractivity contribution in [2.45, 2.75) is 5.41 Å². The third-order valence-electron chi connectivity index (χ3n) is 6.51. The first-order valence-corrected chi connectivity index (χ1v) is 9.76. The summed E-state index contributed by atoms with van der Waals surface area (Å²) in [6, 6.07) is 17.3. The maximum absolute atomic E-state index is 10.4. The summed E-state index contributed by atoms with van der Waals surface area (Å²) in [4.78, 5) is 0. The van der Waals surface area contributed by atoms with E-state index in [9.17, 15) is 20.4 Å². The molecule has 0 unspecified atom stereocenters. The molecule has 6 rings (SSSR count). The van der Waals surface area contributed by atoms with E-state index in [-0.39, 0.29) is 23.0 Å². The molecule has 0 atom stereocenters. The summed E-state index contributed by atoms with van der Waals surface area (Å²) in [5.41, 5.74) is 18.9. The number of nitrogens with two attached hydrogens (primary N) is 2. The van der Waals surface area contributed by atoms with Crippen LogP contribution in [0.5, 0.6) is 23.0 Å².